The van der Waals surface area contributed by atoms with Crippen LogP contribution >= 0.6 is 0 Å². The highest BCUT2D eigenvalue weighted by atomic mass is 19.3. The Hall–Kier alpha value is -3.12. The summed E-state index contributed by atoms with van der Waals surface area (Å²) in [6.07, 6.45) is 3.95. The van der Waals surface area contributed by atoms with E-state index in [0.29, 0.717) is 11.3 Å². The number of fused-ring (bicyclic) bond motifs is 1. The Morgan fingerprint density at radius 3 is 2.73 bits per heavy atom. The number of benzene rings is 1. The van der Waals surface area contributed by atoms with Gasteiger partial charge in [-0.3, -0.25) is 9.98 Å². The quantitative estimate of drug-likeness (QED) is 0.702. The monoisotopic (exact) mass is 457 g/mol. The Balaban J connectivity index is 1.74. The van der Waals surface area contributed by atoms with Crippen molar-refractivity contribution in [3.8, 4) is 6.07 Å². The molecule has 6 nitrogen and oxygen atoms in total. The molecule has 0 fully saturated rings. The number of hydrogen-bond donors (Lipinski definition) is 2. The number of aromatic nitrogens is 1. The third-order valence-electron chi connectivity index (χ3n) is 6.55. The normalized spacial score (nSPS) is 25.8. The first-order valence-corrected chi connectivity index (χ1v) is 10.8. The number of halogens is 3. The van der Waals surface area contributed by atoms with Crippen molar-refractivity contribution in [1.82, 2.24) is 4.98 Å². The molecule has 1 aliphatic heterocycles. The van der Waals surface area contributed by atoms with Gasteiger partial charge in [-0.15, -0.1) is 0 Å². The maximum atomic E-state index is 15.7. The molecule has 2 heterocycles. The topological polar surface area (TPSA) is 96.3 Å². The van der Waals surface area contributed by atoms with Crippen molar-refractivity contribution in [2.45, 2.75) is 63.1 Å². The summed E-state index contributed by atoms with van der Waals surface area (Å²) in [5, 5.41) is 12.4. The third kappa shape index (κ3) is 3.82. The van der Waals surface area contributed by atoms with Crippen LogP contribution in [0.4, 0.5) is 18.9 Å². The molecule has 1 aliphatic carbocycles. The van der Waals surface area contributed by atoms with Gasteiger partial charge in [0.2, 0.25) is 0 Å². The fourth-order valence-corrected chi connectivity index (χ4v) is 4.61. The van der Waals surface area contributed by atoms with Crippen LogP contribution < -0.4 is 11.1 Å². The first-order chi connectivity index (χ1) is 15.5. The molecule has 2 aromatic rings. The highest BCUT2D eigenvalue weighted by Gasteiger charge is 2.64. The molecule has 3 N–H and O–H groups in total. The molecule has 2 aliphatic rings. The highest BCUT2D eigenvalue weighted by molar-refractivity contribution is 5.82. The van der Waals surface area contributed by atoms with E-state index in [0.717, 1.165) is 36.6 Å². The van der Waals surface area contributed by atoms with Gasteiger partial charge in [0.05, 0.1) is 17.3 Å². The van der Waals surface area contributed by atoms with E-state index in [1.807, 2.05) is 6.07 Å². The van der Waals surface area contributed by atoms with Crippen LogP contribution in [0.2, 0.25) is 0 Å². The van der Waals surface area contributed by atoms with Crippen molar-refractivity contribution in [3.05, 3.63) is 58.7 Å². The summed E-state index contributed by atoms with van der Waals surface area (Å²) < 4.78 is 51.7. The molecule has 0 amide bonds. The minimum absolute atomic E-state index is 0.126. The molecular weight excluding hydrogens is 431 g/mol. The fourth-order valence-electron chi connectivity index (χ4n) is 4.61. The van der Waals surface area contributed by atoms with Gasteiger partial charge in [-0.25, -0.2) is 13.2 Å². The number of anilines is 1. The molecule has 174 valence electrons. The number of alkyl halides is 2. The predicted molar refractivity (Wildman–Crippen MR) is 119 cm³/mol. The molecule has 1 aromatic carbocycles. The van der Waals surface area contributed by atoms with Gasteiger partial charge >= 0.3 is 5.92 Å². The van der Waals surface area contributed by atoms with Crippen LogP contribution in [-0.4, -0.2) is 29.0 Å². The zero-order valence-electron chi connectivity index (χ0n) is 18.8. The molecule has 33 heavy (non-hydrogen) atoms. The molecule has 4 rings (SSSR count). The number of hydrogen-bond acceptors (Lipinski definition) is 6. The van der Waals surface area contributed by atoms with E-state index in [2.05, 4.69) is 21.4 Å². The number of nitrogens with two attached hydrogens (primary N) is 1. The number of nitriles is 1. The van der Waals surface area contributed by atoms with Gasteiger partial charge < -0.3 is 15.8 Å². The minimum atomic E-state index is -3.56. The SMILES string of the molecule is CC1(C)OCC(N)=N[C@](C)(c2cc(NC3CCCc4cc(C#N)cnc43)ccc2F)C1(F)F. The third-order valence-corrected chi connectivity index (χ3v) is 6.55. The maximum Gasteiger partial charge on any atom is 0.304 e. The van der Waals surface area contributed by atoms with Gasteiger partial charge in [0.1, 0.15) is 29.9 Å². The Bertz CT molecular complexity index is 1160. The van der Waals surface area contributed by atoms with Crippen LogP contribution in [0.3, 0.4) is 0 Å². The maximum absolute atomic E-state index is 15.7. The molecular formula is C24H26F3N5O. The van der Waals surface area contributed by atoms with E-state index in [1.54, 1.807) is 0 Å². The van der Waals surface area contributed by atoms with Gasteiger partial charge in [-0.1, -0.05) is 0 Å². The van der Waals surface area contributed by atoms with Crippen LogP contribution in [0.1, 0.15) is 62.0 Å². The van der Waals surface area contributed by atoms with Crippen LogP contribution in [0.15, 0.2) is 35.5 Å². The highest BCUT2D eigenvalue weighted by Crippen LogP contribution is 2.51. The average Bonchev–Trinajstić information content (AvgIpc) is 2.83. The van der Waals surface area contributed by atoms with Crippen molar-refractivity contribution < 1.29 is 17.9 Å². The molecule has 0 bridgehead atoms. The largest absolute Gasteiger partial charge is 0.385 e. The van der Waals surface area contributed by atoms with E-state index in [9.17, 15) is 0 Å². The van der Waals surface area contributed by atoms with Crippen LogP contribution in [-0.2, 0) is 16.7 Å². The molecule has 0 saturated heterocycles. The molecule has 0 saturated carbocycles. The van der Waals surface area contributed by atoms with Crippen LogP contribution in [0, 0.1) is 17.1 Å². The number of pyridine rings is 1. The second-order valence-electron chi connectivity index (χ2n) is 9.21. The van der Waals surface area contributed by atoms with Crippen LogP contribution in [0.25, 0.3) is 0 Å². The molecule has 1 aromatic heterocycles. The number of rotatable bonds is 3. The standard InChI is InChI=1S/C24H26F3N5O/c1-22(2)24(26,27)23(3,32-20(29)13-33-22)17-10-16(7-8-18(17)25)31-19-6-4-5-15-9-14(11-28)12-30-21(15)19/h7-10,12,19,31H,4-6,13H2,1-3H3,(H2,29,32)/t19?,23-/m1/s1. The Kier molecular flexibility index (Phi) is 5.61. The first kappa shape index (κ1) is 23.1. The molecule has 9 heteroatoms. The summed E-state index contributed by atoms with van der Waals surface area (Å²) in [4.78, 5) is 8.48. The van der Waals surface area contributed by atoms with Crippen molar-refractivity contribution in [3.63, 3.8) is 0 Å². The number of nitrogens with one attached hydrogen (secondary N) is 1. The van der Waals surface area contributed by atoms with Crippen LogP contribution in [0.5, 0.6) is 0 Å². The lowest BCUT2D eigenvalue weighted by Crippen LogP contribution is -2.56. The summed E-state index contributed by atoms with van der Waals surface area (Å²) in [5.41, 5.74) is 4.07. The summed E-state index contributed by atoms with van der Waals surface area (Å²) >= 11 is 0. The summed E-state index contributed by atoms with van der Waals surface area (Å²) in [5.74, 6) is -4.50. The number of aryl methyl sites for hydroxylation is 1. The Morgan fingerprint density at radius 1 is 1.24 bits per heavy atom. The van der Waals surface area contributed by atoms with E-state index < -0.39 is 22.9 Å². The average molecular weight is 458 g/mol. The zero-order chi connectivity index (χ0) is 24.0. The van der Waals surface area contributed by atoms with Gasteiger partial charge in [0.15, 0.2) is 5.54 Å². The van der Waals surface area contributed by atoms with Gasteiger partial charge in [-0.05, 0) is 69.9 Å². The van der Waals surface area contributed by atoms with E-state index in [4.69, 9.17) is 15.7 Å². The number of aliphatic imine (C=N–C) groups is 1. The Labute approximate surface area is 190 Å². The lowest BCUT2D eigenvalue weighted by molar-refractivity contribution is -0.214. The van der Waals surface area contributed by atoms with Crippen molar-refractivity contribution in [2.75, 3.05) is 11.9 Å². The molecule has 0 radical (unpaired) electrons. The van der Waals surface area contributed by atoms with Gasteiger partial charge in [-0.2, -0.15) is 5.26 Å². The number of ether oxygens (including phenoxy) is 1. The smallest absolute Gasteiger partial charge is 0.304 e. The van der Waals surface area contributed by atoms with Gasteiger partial charge in [0.25, 0.3) is 0 Å². The van der Waals surface area contributed by atoms with E-state index in [1.165, 1.54) is 39.1 Å². The van der Waals surface area contributed by atoms with Crippen molar-refractivity contribution in [2.24, 2.45) is 10.7 Å². The minimum Gasteiger partial charge on any atom is -0.385 e. The van der Waals surface area contributed by atoms with Gasteiger partial charge in [0, 0.05) is 17.4 Å². The number of nitrogens with zero attached hydrogens (tertiary/aromatic N) is 3. The lowest BCUT2D eigenvalue weighted by atomic mass is 9.78. The second kappa shape index (κ2) is 8.03. The first-order valence-electron chi connectivity index (χ1n) is 10.8. The fraction of sp³-hybridized carbons (Fsp3) is 0.458. The zero-order valence-corrected chi connectivity index (χ0v) is 18.8. The van der Waals surface area contributed by atoms with E-state index in [-0.39, 0.29) is 24.0 Å². The molecule has 1 unspecified atom stereocenters. The molecule has 2 atom stereocenters. The van der Waals surface area contributed by atoms with Crippen molar-refractivity contribution in [1.29, 1.82) is 5.26 Å². The van der Waals surface area contributed by atoms with E-state index >= 15 is 13.2 Å². The Morgan fingerprint density at radius 2 is 2.00 bits per heavy atom. The molecule has 0 spiro atoms. The second-order valence-corrected chi connectivity index (χ2v) is 9.21. The van der Waals surface area contributed by atoms with Crippen molar-refractivity contribution >= 4 is 11.5 Å². The lowest BCUT2D eigenvalue weighted by Gasteiger charge is -2.42. The summed E-state index contributed by atoms with van der Waals surface area (Å²) in [7, 11) is 0. The summed E-state index contributed by atoms with van der Waals surface area (Å²) in [6.45, 7) is 3.41. The number of amidine groups is 1. The predicted octanol–water partition coefficient (Wildman–Crippen LogP) is 4.60. The summed E-state index contributed by atoms with van der Waals surface area (Å²) in [6, 6.07) is 7.73.